The van der Waals surface area contributed by atoms with Gasteiger partial charge < -0.3 is 4.74 Å². The fourth-order valence-corrected chi connectivity index (χ4v) is 3.14. The largest absolute Gasteiger partial charge is 0.497 e. The molecule has 0 N–H and O–H groups in total. The van der Waals surface area contributed by atoms with Crippen molar-refractivity contribution in [3.05, 3.63) is 65.5 Å². The number of methoxy groups -OCH3 is 1. The molecule has 0 aromatic heterocycles. The van der Waals surface area contributed by atoms with E-state index in [1.54, 1.807) is 19.2 Å². The van der Waals surface area contributed by atoms with Crippen molar-refractivity contribution in [3.63, 3.8) is 0 Å². The molecular weight excluding hydrogens is 274 g/mol. The molecule has 1 nitrogen and oxygen atoms in total. The molecule has 2 rings (SSSR count). The summed E-state index contributed by atoms with van der Waals surface area (Å²) in [6.45, 7) is 4.45. The van der Waals surface area contributed by atoms with E-state index in [1.807, 2.05) is 24.3 Å². The summed E-state index contributed by atoms with van der Waals surface area (Å²) in [5.41, 5.74) is 2.56. The minimum atomic E-state index is -0.167. The predicted octanol–water partition coefficient (Wildman–Crippen LogP) is 4.49. The molecule has 22 heavy (non-hydrogen) atoms. The fourth-order valence-electron chi connectivity index (χ4n) is 3.14. The minimum Gasteiger partial charge on any atom is -0.497 e. The van der Waals surface area contributed by atoms with Crippen molar-refractivity contribution in [2.75, 3.05) is 7.11 Å². The summed E-state index contributed by atoms with van der Waals surface area (Å²) in [6, 6.07) is 15.3. The van der Waals surface area contributed by atoms with E-state index in [9.17, 15) is 4.39 Å². The van der Waals surface area contributed by atoms with Gasteiger partial charge >= 0.3 is 0 Å². The van der Waals surface area contributed by atoms with Crippen LogP contribution < -0.4 is 4.74 Å². The van der Waals surface area contributed by atoms with Crippen molar-refractivity contribution >= 4 is 7.28 Å². The van der Waals surface area contributed by atoms with E-state index in [-0.39, 0.29) is 11.1 Å². The van der Waals surface area contributed by atoms with Crippen LogP contribution in [0.15, 0.2) is 48.5 Å². The lowest BCUT2D eigenvalue weighted by molar-refractivity contribution is 0.414. The first kappa shape index (κ1) is 16.6. The molecule has 0 aliphatic carbocycles. The molecule has 3 heteroatoms. The first-order valence-electron chi connectivity index (χ1n) is 8.02. The third kappa shape index (κ3) is 3.71. The Hall–Kier alpha value is -1.77. The molecule has 0 bridgehead atoms. The molecule has 116 valence electrons. The normalized spacial score (nSPS) is 11.3. The quantitative estimate of drug-likeness (QED) is 0.684. The summed E-state index contributed by atoms with van der Waals surface area (Å²) in [5, 5.41) is 0.119. The van der Waals surface area contributed by atoms with Crippen molar-refractivity contribution in [3.8, 4) is 5.75 Å². The molecule has 0 spiro atoms. The van der Waals surface area contributed by atoms with E-state index in [2.05, 4.69) is 26.0 Å². The standard InChI is InChI=1S/C19H24BFO/c1-4-19(5-2,16-8-10-17(21)11-9-16)20-14-15-6-12-18(22-3)13-7-15/h6-13,20H,4-5,14H2,1-3H3. The third-order valence-corrected chi connectivity index (χ3v) is 4.86. The molecule has 0 atom stereocenters. The smallest absolute Gasteiger partial charge is 0.138 e. The van der Waals surface area contributed by atoms with Gasteiger partial charge in [-0.15, -0.1) is 0 Å². The molecule has 0 aliphatic heterocycles. The van der Waals surface area contributed by atoms with Crippen LogP contribution in [0.5, 0.6) is 5.75 Å². The van der Waals surface area contributed by atoms with Crippen LogP contribution in [-0.2, 0) is 11.6 Å². The molecule has 2 aromatic carbocycles. The van der Waals surface area contributed by atoms with E-state index in [4.69, 9.17) is 4.74 Å². The molecule has 0 unspecified atom stereocenters. The highest BCUT2D eigenvalue weighted by Crippen LogP contribution is 2.31. The second kappa shape index (κ2) is 7.48. The van der Waals surface area contributed by atoms with Gasteiger partial charge in [0, 0.05) is 0 Å². The number of rotatable bonds is 7. The Labute approximate surface area is 133 Å². The van der Waals surface area contributed by atoms with Gasteiger partial charge in [0.15, 0.2) is 0 Å². The molecule has 0 saturated carbocycles. The van der Waals surface area contributed by atoms with Crippen LogP contribution in [0.1, 0.15) is 37.8 Å². The zero-order chi connectivity index (χ0) is 16.0. The Morgan fingerprint density at radius 3 is 2.05 bits per heavy atom. The second-order valence-corrected chi connectivity index (χ2v) is 5.84. The van der Waals surface area contributed by atoms with Crippen LogP contribution in [0, 0.1) is 5.82 Å². The lowest BCUT2D eigenvalue weighted by atomic mass is 9.45. The van der Waals surface area contributed by atoms with Crippen molar-refractivity contribution in [1.29, 1.82) is 0 Å². The molecule has 0 saturated heterocycles. The number of hydrogen-bond acceptors (Lipinski definition) is 1. The average Bonchev–Trinajstić information content (AvgIpc) is 2.58. The van der Waals surface area contributed by atoms with E-state index in [0.29, 0.717) is 0 Å². The van der Waals surface area contributed by atoms with Gasteiger partial charge in [-0.3, -0.25) is 0 Å². The van der Waals surface area contributed by atoms with Crippen LogP contribution in [0.4, 0.5) is 4.39 Å². The molecular formula is C19H24BFO. The van der Waals surface area contributed by atoms with Crippen LogP contribution in [-0.4, -0.2) is 14.4 Å². The summed E-state index contributed by atoms with van der Waals surface area (Å²) < 4.78 is 18.4. The summed E-state index contributed by atoms with van der Waals surface area (Å²) in [4.78, 5) is 0. The lowest BCUT2D eigenvalue weighted by Gasteiger charge is -2.32. The van der Waals surface area contributed by atoms with Gasteiger partial charge in [-0.2, -0.15) is 0 Å². The van der Waals surface area contributed by atoms with Crippen molar-refractivity contribution in [2.45, 2.75) is 38.3 Å². The van der Waals surface area contributed by atoms with Crippen molar-refractivity contribution in [2.24, 2.45) is 0 Å². The van der Waals surface area contributed by atoms with E-state index in [1.165, 1.54) is 11.1 Å². The first-order valence-corrected chi connectivity index (χ1v) is 8.02. The first-order chi connectivity index (χ1) is 10.6. The van der Waals surface area contributed by atoms with Crippen LogP contribution in [0.3, 0.4) is 0 Å². The van der Waals surface area contributed by atoms with Gasteiger partial charge in [-0.25, -0.2) is 4.39 Å². The average molecular weight is 298 g/mol. The topological polar surface area (TPSA) is 9.23 Å². The predicted molar refractivity (Wildman–Crippen MR) is 92.5 cm³/mol. The van der Waals surface area contributed by atoms with Crippen LogP contribution in [0.25, 0.3) is 0 Å². The molecule has 0 aliphatic rings. The molecule has 0 heterocycles. The third-order valence-electron chi connectivity index (χ3n) is 4.86. The zero-order valence-corrected chi connectivity index (χ0v) is 13.7. The Morgan fingerprint density at radius 1 is 0.955 bits per heavy atom. The zero-order valence-electron chi connectivity index (χ0n) is 13.7. The highest BCUT2D eigenvalue weighted by atomic mass is 19.1. The van der Waals surface area contributed by atoms with Gasteiger partial charge in [0.25, 0.3) is 0 Å². The number of halogens is 1. The fraction of sp³-hybridized carbons (Fsp3) is 0.368. The molecule has 0 radical (unpaired) electrons. The minimum absolute atomic E-state index is 0.119. The van der Waals surface area contributed by atoms with Crippen molar-refractivity contribution < 1.29 is 9.13 Å². The Balaban J connectivity index is 2.15. The summed E-state index contributed by atoms with van der Waals surface area (Å²) >= 11 is 0. The van der Waals surface area contributed by atoms with Crippen LogP contribution in [0.2, 0.25) is 0 Å². The SMILES string of the molecule is CCC(BCc1ccc(OC)cc1)(CC)c1ccc(F)cc1. The monoisotopic (exact) mass is 298 g/mol. The van der Waals surface area contributed by atoms with E-state index in [0.717, 1.165) is 32.2 Å². The van der Waals surface area contributed by atoms with Gasteiger partial charge in [0.1, 0.15) is 18.8 Å². The summed E-state index contributed by atoms with van der Waals surface area (Å²) in [5.74, 6) is 0.722. The van der Waals surface area contributed by atoms with Crippen LogP contribution >= 0.6 is 0 Å². The maximum Gasteiger partial charge on any atom is 0.138 e. The van der Waals surface area contributed by atoms with E-state index < -0.39 is 0 Å². The molecule has 0 amide bonds. The Bertz CT molecular complexity index is 573. The van der Waals surface area contributed by atoms with Crippen molar-refractivity contribution in [1.82, 2.24) is 0 Å². The summed E-state index contributed by atoms with van der Waals surface area (Å²) in [7, 11) is 2.75. The van der Waals surface area contributed by atoms with Gasteiger partial charge in [-0.05, 0) is 35.1 Å². The molecule has 0 fully saturated rings. The number of hydrogen-bond donors (Lipinski definition) is 0. The van der Waals surface area contributed by atoms with E-state index >= 15 is 0 Å². The van der Waals surface area contributed by atoms with Gasteiger partial charge in [0.05, 0.1) is 7.11 Å². The highest BCUT2D eigenvalue weighted by Gasteiger charge is 2.29. The maximum absolute atomic E-state index is 13.2. The van der Waals surface area contributed by atoms with Gasteiger partial charge in [-0.1, -0.05) is 62.8 Å². The molecule has 2 aromatic rings. The lowest BCUT2D eigenvalue weighted by Crippen LogP contribution is -2.33. The second-order valence-electron chi connectivity index (χ2n) is 5.84. The highest BCUT2D eigenvalue weighted by molar-refractivity contribution is 6.39. The van der Waals surface area contributed by atoms with Gasteiger partial charge in [0.2, 0.25) is 0 Å². The number of ether oxygens (including phenoxy) is 1. The maximum atomic E-state index is 13.2. The Kier molecular flexibility index (Phi) is 5.65. The Morgan fingerprint density at radius 2 is 1.55 bits per heavy atom. The summed E-state index contributed by atoms with van der Waals surface area (Å²) in [6.07, 6.45) is 3.14. The number of benzene rings is 2.